The number of nitriles is 1. The van der Waals surface area contributed by atoms with Gasteiger partial charge in [0.15, 0.2) is 0 Å². The summed E-state index contributed by atoms with van der Waals surface area (Å²) in [7, 11) is 0. The van der Waals surface area contributed by atoms with Crippen molar-refractivity contribution in [1.29, 1.82) is 5.26 Å². The smallest absolute Gasteiger partial charge is 0.135 e. The van der Waals surface area contributed by atoms with Crippen LogP contribution in [0.2, 0.25) is 0 Å². The van der Waals surface area contributed by atoms with Gasteiger partial charge < -0.3 is 9.64 Å². The van der Waals surface area contributed by atoms with Crippen molar-refractivity contribution >= 4 is 11.4 Å². The standard InChI is InChI=1S/C30H25N3O/c31-20-24-8-6-10-26(32-24)22-17-15-21(16-18-22)23-7-5-9-25(19-23)33-27-11-1-3-13-29(27)34-30-14-4-2-12-28(30)33/h1-9,11-19,26-30H,10H2. The highest BCUT2D eigenvalue weighted by atomic mass is 16.5. The Bertz CT molecular complexity index is 1270. The van der Waals surface area contributed by atoms with Gasteiger partial charge in [-0.3, -0.25) is 4.99 Å². The van der Waals surface area contributed by atoms with Gasteiger partial charge in [0, 0.05) is 5.69 Å². The van der Waals surface area contributed by atoms with E-state index in [9.17, 15) is 0 Å². The molecule has 0 N–H and O–H groups in total. The van der Waals surface area contributed by atoms with Crippen LogP contribution in [-0.4, -0.2) is 30.0 Å². The third-order valence-electron chi connectivity index (χ3n) is 6.89. The number of nitrogens with zero attached hydrogens (tertiary/aromatic N) is 3. The van der Waals surface area contributed by atoms with E-state index in [4.69, 9.17) is 10.00 Å². The van der Waals surface area contributed by atoms with E-state index < -0.39 is 0 Å². The Labute approximate surface area is 200 Å². The van der Waals surface area contributed by atoms with Crippen molar-refractivity contribution in [2.45, 2.75) is 36.8 Å². The molecule has 1 fully saturated rings. The Morgan fingerprint density at radius 3 is 2.26 bits per heavy atom. The summed E-state index contributed by atoms with van der Waals surface area (Å²) in [5.41, 5.74) is 5.16. The molecule has 6 rings (SSSR count). The molecule has 0 saturated carbocycles. The highest BCUT2D eigenvalue weighted by Crippen LogP contribution is 2.37. The highest BCUT2D eigenvalue weighted by Gasteiger charge is 2.41. The molecule has 4 nitrogen and oxygen atoms in total. The van der Waals surface area contributed by atoms with Crippen molar-refractivity contribution in [2.24, 2.45) is 4.99 Å². The molecule has 1 saturated heterocycles. The number of dihydropyridines is 1. The zero-order valence-corrected chi connectivity index (χ0v) is 18.7. The second kappa shape index (κ2) is 8.78. The fraction of sp³-hybridized carbons (Fsp3) is 0.200. The summed E-state index contributed by atoms with van der Waals surface area (Å²) < 4.78 is 6.39. The first kappa shape index (κ1) is 20.7. The summed E-state index contributed by atoms with van der Waals surface area (Å²) in [4.78, 5) is 7.04. The fourth-order valence-corrected chi connectivity index (χ4v) is 5.22. The fourth-order valence-electron chi connectivity index (χ4n) is 5.22. The minimum absolute atomic E-state index is 0.0135. The lowest BCUT2D eigenvalue weighted by molar-refractivity contribution is -0.00560. The number of morpholine rings is 1. The molecule has 2 aromatic rings. The molecule has 0 radical (unpaired) electrons. The summed E-state index contributed by atoms with van der Waals surface area (Å²) in [6.45, 7) is 0. The Balaban J connectivity index is 1.31. The summed E-state index contributed by atoms with van der Waals surface area (Å²) >= 11 is 0. The molecule has 2 aliphatic carbocycles. The first-order chi connectivity index (χ1) is 16.8. The Morgan fingerprint density at radius 1 is 0.853 bits per heavy atom. The molecule has 0 amide bonds. The number of hydrogen-bond donors (Lipinski definition) is 0. The van der Waals surface area contributed by atoms with Crippen LogP contribution >= 0.6 is 0 Å². The molecule has 0 aromatic heterocycles. The lowest BCUT2D eigenvalue weighted by atomic mass is 9.92. The molecule has 2 aliphatic heterocycles. The Morgan fingerprint density at radius 2 is 1.56 bits per heavy atom. The van der Waals surface area contributed by atoms with Crippen molar-refractivity contribution in [2.75, 3.05) is 4.90 Å². The van der Waals surface area contributed by atoms with Crippen LogP contribution in [0.1, 0.15) is 18.0 Å². The lowest BCUT2D eigenvalue weighted by Crippen LogP contribution is -2.59. The average molecular weight is 444 g/mol. The number of ether oxygens (including phenoxy) is 1. The third kappa shape index (κ3) is 3.75. The zero-order valence-electron chi connectivity index (χ0n) is 18.7. The molecule has 166 valence electrons. The zero-order chi connectivity index (χ0) is 22.9. The number of benzene rings is 2. The molecule has 4 heteroatoms. The molecule has 34 heavy (non-hydrogen) atoms. The quantitative estimate of drug-likeness (QED) is 0.595. The van der Waals surface area contributed by atoms with Crippen molar-refractivity contribution in [1.82, 2.24) is 0 Å². The number of rotatable bonds is 3. The van der Waals surface area contributed by atoms with Gasteiger partial charge in [-0.2, -0.15) is 5.26 Å². The van der Waals surface area contributed by atoms with Crippen molar-refractivity contribution in [3.63, 3.8) is 0 Å². The maximum absolute atomic E-state index is 9.17. The SMILES string of the molecule is N#CC1=NC(c2ccc(-c3cccc(N4C5C=CC=CC5OC5C=CC=CC54)c3)cc2)CC=C1. The summed E-state index contributed by atoms with van der Waals surface area (Å²) in [5, 5.41) is 9.17. The van der Waals surface area contributed by atoms with E-state index in [-0.39, 0.29) is 30.3 Å². The van der Waals surface area contributed by atoms with Crippen molar-refractivity contribution < 1.29 is 4.74 Å². The van der Waals surface area contributed by atoms with Gasteiger partial charge in [0.2, 0.25) is 0 Å². The maximum atomic E-state index is 9.17. The van der Waals surface area contributed by atoms with E-state index in [0.29, 0.717) is 5.71 Å². The van der Waals surface area contributed by atoms with Crippen LogP contribution < -0.4 is 4.90 Å². The van der Waals surface area contributed by atoms with Crippen LogP contribution in [0.3, 0.4) is 0 Å². The van der Waals surface area contributed by atoms with Crippen LogP contribution in [0.25, 0.3) is 11.1 Å². The molecular formula is C30H25N3O. The van der Waals surface area contributed by atoms with E-state index in [1.807, 2.05) is 6.08 Å². The second-order valence-electron chi connectivity index (χ2n) is 8.95. The molecule has 0 spiro atoms. The number of hydrogen-bond acceptors (Lipinski definition) is 4. The minimum Gasteiger partial charge on any atom is -0.362 e. The Kier molecular flexibility index (Phi) is 5.33. The minimum atomic E-state index is 0.0135. The second-order valence-corrected chi connectivity index (χ2v) is 8.95. The van der Waals surface area contributed by atoms with E-state index in [2.05, 4.69) is 113 Å². The van der Waals surface area contributed by atoms with E-state index in [1.54, 1.807) is 6.08 Å². The van der Waals surface area contributed by atoms with Crippen LogP contribution in [0.5, 0.6) is 0 Å². The number of allylic oxidation sites excluding steroid dienone is 5. The molecule has 2 heterocycles. The Hall–Kier alpha value is -3.94. The third-order valence-corrected chi connectivity index (χ3v) is 6.89. The van der Waals surface area contributed by atoms with E-state index in [0.717, 1.165) is 12.0 Å². The van der Waals surface area contributed by atoms with Gasteiger partial charge in [0.1, 0.15) is 24.0 Å². The summed E-state index contributed by atoms with van der Waals surface area (Å²) in [5.74, 6) is 0. The van der Waals surface area contributed by atoms with Gasteiger partial charge in [-0.1, -0.05) is 91.1 Å². The summed E-state index contributed by atoms with van der Waals surface area (Å²) in [6, 6.07) is 19.8. The molecule has 4 aliphatic rings. The largest absolute Gasteiger partial charge is 0.362 e. The molecule has 5 unspecified atom stereocenters. The molecular weight excluding hydrogens is 418 g/mol. The molecule has 5 atom stereocenters. The number of aliphatic imine (C=N–C) groups is 1. The highest BCUT2D eigenvalue weighted by molar-refractivity contribution is 6.07. The number of anilines is 1. The van der Waals surface area contributed by atoms with Gasteiger partial charge in [0.05, 0.1) is 18.1 Å². The average Bonchev–Trinajstić information content (AvgIpc) is 2.92. The van der Waals surface area contributed by atoms with Gasteiger partial charge in [-0.05, 0) is 41.3 Å². The lowest BCUT2D eigenvalue weighted by Gasteiger charge is -2.49. The van der Waals surface area contributed by atoms with Gasteiger partial charge in [0.25, 0.3) is 0 Å². The van der Waals surface area contributed by atoms with Gasteiger partial charge in [-0.15, -0.1) is 0 Å². The summed E-state index contributed by atoms with van der Waals surface area (Å²) in [6.07, 6.45) is 21.9. The van der Waals surface area contributed by atoms with E-state index in [1.165, 1.54) is 16.8 Å². The molecule has 0 bridgehead atoms. The monoisotopic (exact) mass is 443 g/mol. The van der Waals surface area contributed by atoms with Gasteiger partial charge >= 0.3 is 0 Å². The first-order valence-corrected chi connectivity index (χ1v) is 11.8. The predicted molar refractivity (Wildman–Crippen MR) is 137 cm³/mol. The normalized spacial score (nSPS) is 28.7. The topological polar surface area (TPSA) is 48.6 Å². The predicted octanol–water partition coefficient (Wildman–Crippen LogP) is 5.88. The van der Waals surface area contributed by atoms with Crippen LogP contribution in [0, 0.1) is 11.3 Å². The first-order valence-electron chi connectivity index (χ1n) is 11.8. The van der Waals surface area contributed by atoms with Crippen LogP contribution in [-0.2, 0) is 4.74 Å². The van der Waals surface area contributed by atoms with Crippen LogP contribution in [0.15, 0.2) is 114 Å². The van der Waals surface area contributed by atoms with Gasteiger partial charge in [-0.25, -0.2) is 0 Å². The van der Waals surface area contributed by atoms with Crippen molar-refractivity contribution in [3.05, 3.63) is 115 Å². The maximum Gasteiger partial charge on any atom is 0.135 e. The van der Waals surface area contributed by atoms with Crippen molar-refractivity contribution in [3.8, 4) is 17.2 Å². The van der Waals surface area contributed by atoms with E-state index >= 15 is 0 Å². The molecule has 2 aromatic carbocycles. The number of fused-ring (bicyclic) bond motifs is 2. The van der Waals surface area contributed by atoms with Crippen LogP contribution in [0.4, 0.5) is 5.69 Å².